The highest BCUT2D eigenvalue weighted by Crippen LogP contribution is 2.44. The average molecular weight is 829 g/mol. The van der Waals surface area contributed by atoms with Gasteiger partial charge in [-0.2, -0.15) is 0 Å². The number of phenolic OH excluding ortho intramolecular Hbond substituents is 2. The van der Waals surface area contributed by atoms with Crippen molar-refractivity contribution in [1.29, 1.82) is 0 Å². The molecule has 2 aromatic carbocycles. The maximum absolute atomic E-state index is 13.9. The Kier molecular flexibility index (Phi) is 12.9. The fourth-order valence-electron chi connectivity index (χ4n) is 9.04. The molecule has 2 aromatic rings. The molecule has 0 amide bonds. The first-order chi connectivity index (χ1) is 27.9. The summed E-state index contributed by atoms with van der Waals surface area (Å²) in [6.07, 6.45) is -4.84. The molecule has 0 unspecified atom stereocenters. The van der Waals surface area contributed by atoms with Gasteiger partial charge in [-0.15, -0.1) is 0 Å². The molecule has 59 heavy (non-hydrogen) atoms. The van der Waals surface area contributed by atoms with Crippen molar-refractivity contribution < 1.29 is 78.2 Å². The third-order valence-corrected chi connectivity index (χ3v) is 12.4. The summed E-state index contributed by atoms with van der Waals surface area (Å²) < 4.78 is 42.9. The predicted molar refractivity (Wildman–Crippen MR) is 205 cm³/mol. The monoisotopic (exact) mass is 828 g/mol. The Morgan fingerprint density at radius 2 is 1.24 bits per heavy atom. The molecule has 324 valence electrons. The predicted octanol–water partition coefficient (Wildman–Crippen LogP) is 3.94. The maximum Gasteiger partial charge on any atom is 0.306 e. The minimum atomic E-state index is -1.42. The maximum atomic E-state index is 13.9. The third-order valence-electron chi connectivity index (χ3n) is 12.4. The highest BCUT2D eigenvalue weighted by atomic mass is 16.7. The second kappa shape index (κ2) is 17.4. The molecule has 0 saturated carbocycles. The van der Waals surface area contributed by atoms with E-state index in [0.29, 0.717) is 38.5 Å². The van der Waals surface area contributed by atoms with Crippen LogP contribution in [-0.4, -0.2) is 128 Å². The zero-order valence-corrected chi connectivity index (χ0v) is 33.9. The molecule has 16 heteroatoms. The summed E-state index contributed by atoms with van der Waals surface area (Å²) in [5.41, 5.74) is -1.90. The number of carbonyl (C=O) groups is 3. The quantitative estimate of drug-likeness (QED) is 0.161. The number of benzene rings is 2. The molecule has 0 radical (unpaired) electrons. The van der Waals surface area contributed by atoms with E-state index in [1.54, 1.807) is 13.8 Å². The first-order valence-electron chi connectivity index (χ1n) is 20.6. The molecule has 4 aliphatic heterocycles. The lowest BCUT2D eigenvalue weighted by Crippen LogP contribution is -2.48. The number of ether oxygens (including phenoxy) is 7. The summed E-state index contributed by atoms with van der Waals surface area (Å²) in [7, 11) is 0. The Hall–Kier alpha value is -3.55. The van der Waals surface area contributed by atoms with Gasteiger partial charge in [-0.25, -0.2) is 0 Å². The molecule has 4 heterocycles. The first-order valence-corrected chi connectivity index (χ1v) is 20.6. The minimum absolute atomic E-state index is 0.0482. The molecule has 4 fully saturated rings. The molecule has 14 atom stereocenters. The van der Waals surface area contributed by atoms with Gasteiger partial charge in [-0.3, -0.25) is 14.4 Å². The Balaban J connectivity index is 0.989. The smallest absolute Gasteiger partial charge is 0.306 e. The van der Waals surface area contributed by atoms with Gasteiger partial charge in [0.15, 0.2) is 30.4 Å². The van der Waals surface area contributed by atoms with Gasteiger partial charge in [-0.05, 0) is 71.6 Å². The summed E-state index contributed by atoms with van der Waals surface area (Å²) in [4.78, 5) is 39.9. The highest BCUT2D eigenvalue weighted by Gasteiger charge is 2.43. The van der Waals surface area contributed by atoms with Gasteiger partial charge >= 0.3 is 5.97 Å². The second-order valence-corrected chi connectivity index (χ2v) is 17.0. The number of rotatable bonds is 11. The molecule has 6 N–H and O–H groups in total. The number of hydrogen-bond donors (Lipinski definition) is 6. The van der Waals surface area contributed by atoms with Gasteiger partial charge in [0.05, 0.1) is 78.1 Å². The summed E-state index contributed by atoms with van der Waals surface area (Å²) in [6.45, 7) is 8.76. The molecule has 7 rings (SSSR count). The van der Waals surface area contributed by atoms with Crippen molar-refractivity contribution in [2.45, 2.75) is 178 Å². The number of aliphatic hydroxyl groups excluding tert-OH is 3. The lowest BCUT2D eigenvalue weighted by molar-refractivity contribution is -0.309. The van der Waals surface area contributed by atoms with Crippen LogP contribution in [0.4, 0.5) is 0 Å². The van der Waals surface area contributed by atoms with Gasteiger partial charge in [0.2, 0.25) is 0 Å². The highest BCUT2D eigenvalue weighted by molar-refractivity contribution is 6.30. The van der Waals surface area contributed by atoms with E-state index in [4.69, 9.17) is 33.2 Å². The fraction of sp³-hybridized carbons (Fsp3) is 0.651. The van der Waals surface area contributed by atoms with E-state index >= 15 is 0 Å². The molecule has 4 saturated heterocycles. The number of aromatic hydroxyl groups is 2. The van der Waals surface area contributed by atoms with Gasteiger partial charge in [-0.1, -0.05) is 12.1 Å². The van der Waals surface area contributed by atoms with Crippen LogP contribution in [0, 0.1) is 0 Å². The summed E-state index contributed by atoms with van der Waals surface area (Å²) in [5, 5.41) is 63.1. The summed E-state index contributed by atoms with van der Waals surface area (Å²) >= 11 is 0. The van der Waals surface area contributed by atoms with Crippen LogP contribution in [0.3, 0.4) is 0 Å². The number of fused-ring (bicyclic) bond motifs is 2. The van der Waals surface area contributed by atoms with Crippen molar-refractivity contribution in [3.8, 4) is 11.5 Å². The lowest BCUT2D eigenvalue weighted by Gasteiger charge is -2.42. The molecule has 16 nitrogen and oxygen atoms in total. The SMILES string of the molecule is C[C@@H]1O[C@@H](O[C@](C)(CC(=O)O)Cc2ccc3c(c2O)C(=O)c2ccc([C@@H]4C[C@H](O)[C@@H](O)[C@@H](C)O4)c(O)c2C3=O)CC[C@H]1O[C@H]1CC[C@@H](O[C@H]2CC[C@H](O)[C@@H](C)O2)[C@H](C)O1. The van der Waals surface area contributed by atoms with E-state index in [0.717, 1.165) is 0 Å². The van der Waals surface area contributed by atoms with Gasteiger partial charge in [0.25, 0.3) is 0 Å². The van der Waals surface area contributed by atoms with Gasteiger partial charge in [0.1, 0.15) is 17.6 Å². The number of ketones is 2. The fourth-order valence-corrected chi connectivity index (χ4v) is 9.04. The number of phenols is 2. The number of aliphatic carboxylic acids is 1. The number of hydrogen-bond acceptors (Lipinski definition) is 15. The van der Waals surface area contributed by atoms with Crippen molar-refractivity contribution in [2.24, 2.45) is 0 Å². The Labute approximate surface area is 342 Å². The van der Waals surface area contributed by atoms with E-state index in [1.807, 2.05) is 20.8 Å². The van der Waals surface area contributed by atoms with E-state index in [1.165, 1.54) is 24.3 Å². The van der Waals surface area contributed by atoms with Crippen molar-refractivity contribution >= 4 is 17.5 Å². The number of carbonyl (C=O) groups excluding carboxylic acids is 2. The Bertz CT molecular complexity index is 1890. The van der Waals surface area contributed by atoms with Crippen molar-refractivity contribution in [3.63, 3.8) is 0 Å². The van der Waals surface area contributed by atoms with Crippen LogP contribution in [0.15, 0.2) is 24.3 Å². The Morgan fingerprint density at radius 1 is 0.695 bits per heavy atom. The van der Waals surface area contributed by atoms with E-state index in [2.05, 4.69) is 0 Å². The third kappa shape index (κ3) is 9.08. The number of carboxylic acid groups (broad SMARTS) is 1. The van der Waals surface area contributed by atoms with E-state index < -0.39 is 96.6 Å². The van der Waals surface area contributed by atoms with Crippen LogP contribution in [0.1, 0.15) is 135 Å². The topological polar surface area (TPSA) is 237 Å². The normalized spacial score (nSPS) is 36.0. The molecular weight excluding hydrogens is 772 g/mol. The van der Waals surface area contributed by atoms with Gasteiger partial charge in [0, 0.05) is 48.8 Å². The van der Waals surface area contributed by atoms with Crippen LogP contribution in [-0.2, 0) is 44.4 Å². The second-order valence-electron chi connectivity index (χ2n) is 17.0. The van der Waals surface area contributed by atoms with E-state index in [9.17, 15) is 45.0 Å². The lowest BCUT2D eigenvalue weighted by atomic mass is 9.79. The van der Waals surface area contributed by atoms with Crippen molar-refractivity contribution in [1.82, 2.24) is 0 Å². The van der Waals surface area contributed by atoms with E-state index in [-0.39, 0.29) is 70.6 Å². The Morgan fingerprint density at radius 3 is 1.81 bits per heavy atom. The molecule has 0 aromatic heterocycles. The number of carboxylic acids is 1. The molecule has 5 aliphatic rings. The number of aliphatic hydroxyl groups is 3. The molecule has 0 bridgehead atoms. The average Bonchev–Trinajstić information content (AvgIpc) is 3.16. The van der Waals surface area contributed by atoms with Crippen molar-refractivity contribution in [2.75, 3.05) is 0 Å². The van der Waals surface area contributed by atoms with Crippen molar-refractivity contribution in [3.05, 3.63) is 57.6 Å². The minimum Gasteiger partial charge on any atom is -0.507 e. The van der Waals surface area contributed by atoms with Crippen LogP contribution in [0.5, 0.6) is 11.5 Å². The van der Waals surface area contributed by atoms with Gasteiger partial charge < -0.3 is 63.8 Å². The summed E-state index contributed by atoms with van der Waals surface area (Å²) in [6, 6.07) is 5.57. The largest absolute Gasteiger partial charge is 0.507 e. The van der Waals surface area contributed by atoms with Crippen LogP contribution < -0.4 is 0 Å². The zero-order valence-electron chi connectivity index (χ0n) is 33.9. The van der Waals surface area contributed by atoms with Crippen LogP contribution >= 0.6 is 0 Å². The standard InChI is InChI=1S/C43H56O16/c1-19-27(44)10-13-33(54-19)57-29-11-14-34(55-20(29)2)58-30-12-15-35(56-21(30)3)59-43(5,18-32(46)47)17-23-6-7-25-36(39(23)49)41(51)26-9-8-24(40(50)37(26)42(25)52)31-16-28(45)38(48)22(4)53-31/h6-9,19-22,27-31,33-35,38,44-45,48-50H,10-18H2,1-5H3,(H,46,47)/t19-,20+,21+,22-,27+,28+,29-,30-,31+,33+,34+,35+,38+,43+/m1/s1. The zero-order chi connectivity index (χ0) is 42.5. The van der Waals surface area contributed by atoms with Crippen LogP contribution in [0.2, 0.25) is 0 Å². The first kappa shape index (κ1) is 43.5. The molecule has 1 aliphatic carbocycles. The summed E-state index contributed by atoms with van der Waals surface area (Å²) in [5.74, 6) is -3.58. The molecule has 0 spiro atoms. The molecular formula is C43H56O16. The van der Waals surface area contributed by atoms with Crippen LogP contribution in [0.25, 0.3) is 0 Å².